The van der Waals surface area contributed by atoms with Crippen molar-refractivity contribution in [2.24, 2.45) is 0 Å². The van der Waals surface area contributed by atoms with Gasteiger partial charge in [0.2, 0.25) is 0 Å². The zero-order valence-electron chi connectivity index (χ0n) is 8.11. The molecule has 82 valence electrons. The second-order valence-corrected chi connectivity index (χ2v) is 3.86. The van der Waals surface area contributed by atoms with Gasteiger partial charge in [-0.3, -0.25) is 4.79 Å². The lowest BCUT2D eigenvalue weighted by atomic mass is 10.3. The number of oxazole rings is 1. The summed E-state index contributed by atoms with van der Waals surface area (Å²) in [5.74, 6) is -0.368. The van der Waals surface area contributed by atoms with E-state index in [1.165, 1.54) is 6.26 Å². The van der Waals surface area contributed by atoms with Gasteiger partial charge >= 0.3 is 0 Å². The van der Waals surface area contributed by atoms with Crippen molar-refractivity contribution in [2.75, 3.05) is 11.1 Å². The van der Waals surface area contributed by atoms with Crippen LogP contribution >= 0.6 is 15.9 Å². The second kappa shape index (κ2) is 4.36. The molecule has 1 aromatic carbocycles. The second-order valence-electron chi connectivity index (χ2n) is 3.00. The van der Waals surface area contributed by atoms with Crippen LogP contribution in [0.4, 0.5) is 11.7 Å². The summed E-state index contributed by atoms with van der Waals surface area (Å²) in [6.45, 7) is 0. The molecule has 1 heterocycles. The van der Waals surface area contributed by atoms with Gasteiger partial charge in [0.05, 0.1) is 5.69 Å². The predicted octanol–water partition coefficient (Wildman–Crippen LogP) is 2.27. The Kier molecular flexibility index (Phi) is 2.91. The number of nitrogens with zero attached hydrogens (tertiary/aromatic N) is 1. The number of nitrogens with two attached hydrogens (primary N) is 1. The Labute approximate surface area is 99.8 Å². The van der Waals surface area contributed by atoms with Crippen molar-refractivity contribution in [1.82, 2.24) is 4.98 Å². The Morgan fingerprint density at radius 3 is 2.81 bits per heavy atom. The summed E-state index contributed by atoms with van der Waals surface area (Å²) in [5.41, 5.74) is 6.08. The van der Waals surface area contributed by atoms with Gasteiger partial charge in [-0.15, -0.1) is 0 Å². The molecule has 0 aliphatic heterocycles. The summed E-state index contributed by atoms with van der Waals surface area (Å²) in [6.07, 6.45) is 1.21. The Morgan fingerprint density at radius 1 is 1.44 bits per heavy atom. The van der Waals surface area contributed by atoms with E-state index in [1.54, 1.807) is 6.07 Å². The Morgan fingerprint density at radius 2 is 2.19 bits per heavy atom. The van der Waals surface area contributed by atoms with Crippen LogP contribution in [0.5, 0.6) is 0 Å². The largest absolute Gasteiger partial charge is 0.431 e. The summed E-state index contributed by atoms with van der Waals surface area (Å²) < 4.78 is 5.54. The number of hydrogen-bond acceptors (Lipinski definition) is 4. The van der Waals surface area contributed by atoms with Crippen LogP contribution in [0.2, 0.25) is 0 Å². The van der Waals surface area contributed by atoms with Crippen LogP contribution in [0.15, 0.2) is 39.4 Å². The molecule has 0 fully saturated rings. The molecule has 0 spiro atoms. The van der Waals surface area contributed by atoms with E-state index in [0.29, 0.717) is 5.69 Å². The van der Waals surface area contributed by atoms with E-state index >= 15 is 0 Å². The maximum atomic E-state index is 11.7. The first kappa shape index (κ1) is 10.7. The fourth-order valence-corrected chi connectivity index (χ4v) is 1.52. The molecule has 0 radical (unpaired) electrons. The highest BCUT2D eigenvalue weighted by Crippen LogP contribution is 2.21. The minimum absolute atomic E-state index is 0.0303. The maximum Gasteiger partial charge on any atom is 0.292 e. The highest BCUT2D eigenvalue weighted by molar-refractivity contribution is 9.10. The van der Waals surface area contributed by atoms with E-state index in [9.17, 15) is 4.79 Å². The van der Waals surface area contributed by atoms with Crippen molar-refractivity contribution in [3.05, 3.63) is 40.7 Å². The number of aromatic nitrogens is 1. The molecule has 0 saturated carbocycles. The zero-order chi connectivity index (χ0) is 11.5. The van der Waals surface area contributed by atoms with Gasteiger partial charge < -0.3 is 15.5 Å². The van der Waals surface area contributed by atoms with E-state index in [1.807, 2.05) is 18.2 Å². The van der Waals surface area contributed by atoms with Gasteiger partial charge in [-0.1, -0.05) is 12.1 Å². The van der Waals surface area contributed by atoms with E-state index in [2.05, 4.69) is 26.2 Å². The van der Waals surface area contributed by atoms with E-state index in [0.717, 1.165) is 4.47 Å². The molecule has 0 atom stereocenters. The van der Waals surface area contributed by atoms with Gasteiger partial charge in [-0.2, -0.15) is 4.98 Å². The van der Waals surface area contributed by atoms with Crippen LogP contribution in [-0.2, 0) is 0 Å². The normalized spacial score (nSPS) is 10.1. The van der Waals surface area contributed by atoms with Gasteiger partial charge in [0.15, 0.2) is 5.69 Å². The summed E-state index contributed by atoms with van der Waals surface area (Å²) in [4.78, 5) is 15.4. The molecule has 5 nitrogen and oxygen atoms in total. The minimum Gasteiger partial charge on any atom is -0.431 e. The molecule has 1 aromatic heterocycles. The molecule has 2 aromatic rings. The highest BCUT2D eigenvalue weighted by atomic mass is 79.9. The summed E-state index contributed by atoms with van der Waals surface area (Å²) in [6, 6.07) is 7.24. The molecule has 1 amide bonds. The van der Waals surface area contributed by atoms with Gasteiger partial charge in [0, 0.05) is 4.47 Å². The molecular weight excluding hydrogens is 274 g/mol. The van der Waals surface area contributed by atoms with E-state index in [-0.39, 0.29) is 17.6 Å². The van der Waals surface area contributed by atoms with Crippen LogP contribution in [-0.4, -0.2) is 10.9 Å². The number of hydrogen-bond donors (Lipinski definition) is 2. The van der Waals surface area contributed by atoms with Gasteiger partial charge in [-0.05, 0) is 28.1 Å². The fourth-order valence-electron chi connectivity index (χ4n) is 1.14. The Balaban J connectivity index is 2.17. The molecule has 0 unspecified atom stereocenters. The van der Waals surface area contributed by atoms with Crippen molar-refractivity contribution in [3.8, 4) is 0 Å². The molecule has 0 aliphatic carbocycles. The smallest absolute Gasteiger partial charge is 0.292 e. The highest BCUT2D eigenvalue weighted by Gasteiger charge is 2.11. The Bertz CT molecular complexity index is 524. The molecule has 6 heteroatoms. The first-order valence-electron chi connectivity index (χ1n) is 4.43. The average molecular weight is 282 g/mol. The van der Waals surface area contributed by atoms with Crippen molar-refractivity contribution in [2.45, 2.75) is 0 Å². The SMILES string of the molecule is Nc1nc(C(=O)Nc2ccccc2Br)co1. The van der Waals surface area contributed by atoms with Crippen LogP contribution in [0.3, 0.4) is 0 Å². The van der Waals surface area contributed by atoms with Gasteiger partial charge in [-0.25, -0.2) is 0 Å². The molecule has 2 rings (SSSR count). The average Bonchev–Trinajstić information content (AvgIpc) is 2.68. The molecule has 16 heavy (non-hydrogen) atoms. The first-order chi connectivity index (χ1) is 7.66. The number of amides is 1. The fraction of sp³-hybridized carbons (Fsp3) is 0. The van der Waals surface area contributed by atoms with Gasteiger partial charge in [0.25, 0.3) is 11.9 Å². The lowest BCUT2D eigenvalue weighted by molar-refractivity contribution is 0.102. The zero-order valence-corrected chi connectivity index (χ0v) is 9.69. The number of anilines is 2. The topological polar surface area (TPSA) is 81.1 Å². The lowest BCUT2D eigenvalue weighted by Crippen LogP contribution is -2.12. The third-order valence-electron chi connectivity index (χ3n) is 1.88. The number of nitrogen functional groups attached to an aromatic ring is 1. The van der Waals surface area contributed by atoms with Crippen LogP contribution in [0.25, 0.3) is 0 Å². The lowest BCUT2D eigenvalue weighted by Gasteiger charge is -2.04. The van der Waals surface area contributed by atoms with Crippen LogP contribution < -0.4 is 11.1 Å². The molecule has 0 bridgehead atoms. The summed E-state index contributed by atoms with van der Waals surface area (Å²) >= 11 is 3.32. The predicted molar refractivity (Wildman–Crippen MR) is 63.0 cm³/mol. The minimum atomic E-state index is -0.368. The van der Waals surface area contributed by atoms with Crippen molar-refractivity contribution in [1.29, 1.82) is 0 Å². The van der Waals surface area contributed by atoms with Gasteiger partial charge in [0.1, 0.15) is 6.26 Å². The van der Waals surface area contributed by atoms with E-state index in [4.69, 9.17) is 10.2 Å². The third-order valence-corrected chi connectivity index (χ3v) is 2.57. The molecular formula is C10H8BrN3O2. The van der Waals surface area contributed by atoms with Crippen LogP contribution in [0, 0.1) is 0 Å². The van der Waals surface area contributed by atoms with Crippen molar-refractivity contribution >= 4 is 33.5 Å². The third kappa shape index (κ3) is 2.22. The summed E-state index contributed by atoms with van der Waals surface area (Å²) in [7, 11) is 0. The number of nitrogens with one attached hydrogen (secondary N) is 1. The summed E-state index contributed by atoms with van der Waals surface area (Å²) in [5, 5.41) is 2.68. The quantitative estimate of drug-likeness (QED) is 0.885. The molecule has 0 aliphatic rings. The number of para-hydroxylation sites is 1. The van der Waals surface area contributed by atoms with Crippen molar-refractivity contribution in [3.63, 3.8) is 0 Å². The number of benzene rings is 1. The molecule has 0 saturated heterocycles. The monoisotopic (exact) mass is 281 g/mol. The number of carbonyl (C=O) groups excluding carboxylic acids is 1. The van der Waals surface area contributed by atoms with Crippen molar-refractivity contribution < 1.29 is 9.21 Å². The van der Waals surface area contributed by atoms with Crippen LogP contribution in [0.1, 0.15) is 10.5 Å². The number of rotatable bonds is 2. The number of carbonyl (C=O) groups is 1. The standard InChI is InChI=1S/C10H8BrN3O2/c11-6-3-1-2-4-7(6)13-9(15)8-5-16-10(12)14-8/h1-5H,(H2,12,14)(H,13,15). The first-order valence-corrected chi connectivity index (χ1v) is 5.23. The molecule has 3 N–H and O–H groups in total. The number of halogens is 1. The van der Waals surface area contributed by atoms with E-state index < -0.39 is 0 Å². The Hall–Kier alpha value is -1.82. The maximum absolute atomic E-state index is 11.7.